The van der Waals surface area contributed by atoms with Crippen molar-refractivity contribution in [3.05, 3.63) is 0 Å². The van der Waals surface area contributed by atoms with Crippen molar-refractivity contribution in [2.24, 2.45) is 0 Å². The van der Waals surface area contributed by atoms with Crippen LogP contribution in [-0.2, 0) is 9.53 Å². The molecule has 2 nitrogen and oxygen atoms in total. The van der Waals surface area contributed by atoms with E-state index >= 15 is 0 Å². The molecule has 1 saturated heterocycles. The number of esters is 1. The van der Waals surface area contributed by atoms with Crippen LogP contribution >= 0.6 is 0 Å². The van der Waals surface area contributed by atoms with Gasteiger partial charge in [-0.1, -0.05) is 0 Å². The highest BCUT2D eigenvalue weighted by atomic mass is 16.5. The van der Waals surface area contributed by atoms with Crippen LogP contribution in [0.3, 0.4) is 0 Å². The van der Waals surface area contributed by atoms with E-state index in [1.807, 2.05) is 0 Å². The third-order valence-electron chi connectivity index (χ3n) is 0.673. The highest BCUT2D eigenvalue weighted by Crippen LogP contribution is 2.01. The molecule has 0 saturated carbocycles. The minimum Gasteiger partial charge on any atom is -0.466 e. The van der Waals surface area contributed by atoms with E-state index in [4.69, 9.17) is 1.37 Å². The monoisotopic (exact) mass is 87.0 g/mol. The van der Waals surface area contributed by atoms with E-state index in [9.17, 15) is 4.79 Å². The molecule has 2 heteroatoms. The maximum Gasteiger partial charge on any atom is 0.305 e. The van der Waals surface area contributed by atoms with Gasteiger partial charge in [-0.25, -0.2) is 0 Å². The molecule has 1 fully saturated rings. The van der Waals surface area contributed by atoms with Crippen molar-refractivity contribution >= 4 is 5.97 Å². The van der Waals surface area contributed by atoms with Crippen molar-refractivity contribution in [2.75, 3.05) is 6.61 Å². The van der Waals surface area contributed by atoms with E-state index in [0.29, 0.717) is 13.0 Å². The number of hydrogen-bond donors (Lipinski definition) is 0. The molecule has 0 radical (unpaired) electrons. The molecule has 0 aromatic heterocycles. The quantitative estimate of drug-likeness (QED) is 0.398. The SMILES string of the molecule is [2H]C1CCOC1=O. The molecule has 0 aromatic rings. The lowest BCUT2D eigenvalue weighted by Gasteiger charge is -1.81. The first-order valence-corrected chi connectivity index (χ1v) is 1.89. The van der Waals surface area contributed by atoms with Crippen LogP contribution in [0.4, 0.5) is 0 Å². The predicted molar refractivity (Wildman–Crippen MR) is 20.2 cm³/mol. The van der Waals surface area contributed by atoms with Gasteiger partial charge in [0.2, 0.25) is 0 Å². The number of cyclic esters (lactones) is 1. The Morgan fingerprint density at radius 2 is 2.83 bits per heavy atom. The summed E-state index contributed by atoms with van der Waals surface area (Å²) in [5.74, 6) is -0.375. The normalized spacial score (nSPS) is 35.7. The minimum atomic E-state index is -0.597. The summed E-state index contributed by atoms with van der Waals surface area (Å²) in [5.41, 5.74) is 0. The second-order valence-electron chi connectivity index (χ2n) is 1.16. The topological polar surface area (TPSA) is 26.3 Å². The maximum atomic E-state index is 10.2. The zero-order valence-electron chi connectivity index (χ0n) is 4.31. The molecule has 0 amide bonds. The first-order chi connectivity index (χ1) is 3.30. The number of carbonyl (C=O) groups is 1. The largest absolute Gasteiger partial charge is 0.466 e. The van der Waals surface area contributed by atoms with E-state index in [1.54, 1.807) is 0 Å². The van der Waals surface area contributed by atoms with Gasteiger partial charge < -0.3 is 4.74 Å². The molecule has 34 valence electrons. The Kier molecular flexibility index (Phi) is 0.560. The van der Waals surface area contributed by atoms with Crippen LogP contribution in [0.2, 0.25) is 0 Å². The van der Waals surface area contributed by atoms with E-state index in [0.717, 1.165) is 0 Å². The van der Waals surface area contributed by atoms with Crippen LogP contribution in [-0.4, -0.2) is 12.6 Å². The molecule has 1 aliphatic heterocycles. The van der Waals surface area contributed by atoms with Gasteiger partial charge in [-0.2, -0.15) is 0 Å². The second kappa shape index (κ2) is 1.29. The fraction of sp³-hybridized carbons (Fsp3) is 0.750. The molecule has 1 rings (SSSR count). The molecule has 1 aliphatic rings. The highest BCUT2D eigenvalue weighted by molar-refractivity contribution is 5.70. The molecule has 0 bridgehead atoms. The first kappa shape index (κ1) is 2.61. The van der Waals surface area contributed by atoms with E-state index in [-0.39, 0.29) is 5.97 Å². The fourth-order valence-electron chi connectivity index (χ4n) is 0.395. The van der Waals surface area contributed by atoms with Gasteiger partial charge in [0, 0.05) is 7.77 Å². The van der Waals surface area contributed by atoms with E-state index < -0.39 is 6.40 Å². The summed E-state index contributed by atoms with van der Waals surface area (Å²) in [7, 11) is 0. The van der Waals surface area contributed by atoms with Crippen molar-refractivity contribution < 1.29 is 10.9 Å². The summed E-state index contributed by atoms with van der Waals surface area (Å²) >= 11 is 0. The Morgan fingerprint density at radius 1 is 2.00 bits per heavy atom. The Hall–Kier alpha value is -0.530. The third kappa shape index (κ3) is 0.506. The molecular formula is C4H6O2. The van der Waals surface area contributed by atoms with Crippen molar-refractivity contribution in [1.29, 1.82) is 0 Å². The van der Waals surface area contributed by atoms with Crippen molar-refractivity contribution in [3.8, 4) is 0 Å². The Balaban J connectivity index is 2.48. The predicted octanol–water partition coefficient (Wildman–Crippen LogP) is 0.323. The van der Waals surface area contributed by atoms with Crippen LogP contribution in [0.1, 0.15) is 14.2 Å². The van der Waals surface area contributed by atoms with Gasteiger partial charge in [0.1, 0.15) is 0 Å². The number of ether oxygens (including phenoxy) is 1. The summed E-state index contributed by atoms with van der Waals surface area (Å²) in [4.78, 5) is 10.2. The van der Waals surface area contributed by atoms with Crippen LogP contribution in [0.15, 0.2) is 0 Å². The van der Waals surface area contributed by atoms with Crippen LogP contribution < -0.4 is 0 Å². The number of hydrogen-bond acceptors (Lipinski definition) is 2. The van der Waals surface area contributed by atoms with Crippen LogP contribution in [0.25, 0.3) is 0 Å². The Bertz CT molecular complexity index is 91.7. The summed E-state index contributed by atoms with van der Waals surface area (Å²) < 4.78 is 11.3. The summed E-state index contributed by atoms with van der Waals surface area (Å²) in [5, 5.41) is 0. The first-order valence-electron chi connectivity index (χ1n) is 2.47. The second-order valence-corrected chi connectivity index (χ2v) is 1.16. The van der Waals surface area contributed by atoms with Gasteiger partial charge in [0.25, 0.3) is 0 Å². The summed E-state index contributed by atoms with van der Waals surface area (Å²) in [6, 6.07) is 0. The minimum absolute atomic E-state index is 0.375. The lowest BCUT2D eigenvalue weighted by atomic mass is 10.4. The summed E-state index contributed by atoms with van der Waals surface area (Å²) in [6.07, 6.45) is -0.0289. The lowest BCUT2D eigenvalue weighted by molar-refractivity contribution is -0.137. The van der Waals surface area contributed by atoms with E-state index in [2.05, 4.69) is 4.74 Å². The third-order valence-corrected chi connectivity index (χ3v) is 0.673. The van der Waals surface area contributed by atoms with Crippen LogP contribution in [0.5, 0.6) is 0 Å². The number of carbonyl (C=O) groups excluding carboxylic acids is 1. The zero-order chi connectivity index (χ0) is 5.28. The molecule has 6 heavy (non-hydrogen) atoms. The average Bonchev–Trinajstić information content (AvgIpc) is 1.91. The molecule has 0 aromatic carbocycles. The summed E-state index contributed by atoms with van der Waals surface area (Å²) in [6.45, 7) is 0.438. The fourth-order valence-corrected chi connectivity index (χ4v) is 0.395. The Labute approximate surface area is 37.5 Å². The standard InChI is InChI=1S/C4H6O2/c5-4-2-1-3-6-4/h1-3H2/i2D. The maximum absolute atomic E-state index is 10.2. The molecular weight excluding hydrogens is 80.0 g/mol. The molecule has 1 unspecified atom stereocenters. The molecule has 1 heterocycles. The molecule has 1 atom stereocenters. The van der Waals surface area contributed by atoms with Gasteiger partial charge >= 0.3 is 5.97 Å². The molecule has 0 spiro atoms. The van der Waals surface area contributed by atoms with Gasteiger partial charge in [-0.3, -0.25) is 4.79 Å². The molecule has 0 aliphatic carbocycles. The molecule has 0 N–H and O–H groups in total. The average molecular weight is 87.1 g/mol. The van der Waals surface area contributed by atoms with Gasteiger partial charge in [-0.05, 0) is 6.42 Å². The smallest absolute Gasteiger partial charge is 0.305 e. The van der Waals surface area contributed by atoms with E-state index in [1.165, 1.54) is 0 Å². The van der Waals surface area contributed by atoms with Gasteiger partial charge in [0.05, 0.1) is 6.61 Å². The van der Waals surface area contributed by atoms with Gasteiger partial charge in [0.15, 0.2) is 0 Å². The van der Waals surface area contributed by atoms with Crippen molar-refractivity contribution in [3.63, 3.8) is 0 Å². The highest BCUT2D eigenvalue weighted by Gasteiger charge is 2.08. The van der Waals surface area contributed by atoms with Crippen LogP contribution in [0, 0.1) is 0 Å². The Morgan fingerprint density at radius 3 is 3.00 bits per heavy atom. The zero-order valence-corrected chi connectivity index (χ0v) is 3.31. The van der Waals surface area contributed by atoms with Crippen molar-refractivity contribution in [1.82, 2.24) is 0 Å². The lowest BCUT2D eigenvalue weighted by Crippen LogP contribution is -1.88. The van der Waals surface area contributed by atoms with Gasteiger partial charge in [-0.15, -0.1) is 0 Å². The number of rotatable bonds is 0. The van der Waals surface area contributed by atoms with Crippen molar-refractivity contribution in [2.45, 2.75) is 12.8 Å².